The number of rotatable bonds is 3. The molecule has 3 heteroatoms. The van der Waals surface area contributed by atoms with Gasteiger partial charge in [0.15, 0.2) is 0 Å². The van der Waals surface area contributed by atoms with Gasteiger partial charge < -0.3 is 5.32 Å². The number of carbonyl (C=O) groups excluding carboxylic acids is 1. The van der Waals surface area contributed by atoms with Crippen LogP contribution < -0.4 is 5.32 Å². The monoisotopic (exact) mass is 232 g/mol. The van der Waals surface area contributed by atoms with Crippen molar-refractivity contribution in [3.8, 4) is 6.07 Å². The molecule has 0 aliphatic rings. The van der Waals surface area contributed by atoms with Crippen LogP contribution in [0.3, 0.4) is 0 Å². The molecular formula is C14H20N2O. The van der Waals surface area contributed by atoms with E-state index < -0.39 is 0 Å². The number of hydrogen-bond donors (Lipinski definition) is 1. The van der Waals surface area contributed by atoms with E-state index in [0.29, 0.717) is 12.0 Å². The zero-order valence-electron chi connectivity index (χ0n) is 10.9. The lowest BCUT2D eigenvalue weighted by Crippen LogP contribution is -2.17. The summed E-state index contributed by atoms with van der Waals surface area (Å²) in [5, 5.41) is 11.2. The van der Waals surface area contributed by atoms with Crippen LogP contribution in [-0.4, -0.2) is 13.0 Å². The zero-order valence-corrected chi connectivity index (χ0v) is 10.9. The van der Waals surface area contributed by atoms with E-state index >= 15 is 0 Å². The fourth-order valence-corrected chi connectivity index (χ4v) is 1.39. The van der Waals surface area contributed by atoms with Crippen LogP contribution in [0.1, 0.15) is 49.0 Å². The van der Waals surface area contributed by atoms with Crippen molar-refractivity contribution in [3.63, 3.8) is 0 Å². The van der Waals surface area contributed by atoms with E-state index in [1.54, 1.807) is 13.1 Å². The highest BCUT2D eigenvalue weighted by Gasteiger charge is 2.08. The number of amides is 1. The molecular weight excluding hydrogens is 212 g/mol. The second-order valence-electron chi connectivity index (χ2n) is 3.47. The summed E-state index contributed by atoms with van der Waals surface area (Å²) in [5.74, 6) is 0.0700. The Morgan fingerprint density at radius 1 is 1.47 bits per heavy atom. The molecule has 0 spiro atoms. The van der Waals surface area contributed by atoms with Gasteiger partial charge in [-0.1, -0.05) is 32.9 Å². The fourth-order valence-electron chi connectivity index (χ4n) is 1.39. The summed E-state index contributed by atoms with van der Waals surface area (Å²) in [6, 6.07) is 9.51. The van der Waals surface area contributed by atoms with Crippen molar-refractivity contribution in [1.29, 1.82) is 5.26 Å². The SMILES string of the molecule is CC.CNC(=O)c1cccc(C(C)CC#N)c1. The quantitative estimate of drug-likeness (QED) is 0.870. The molecule has 1 N–H and O–H groups in total. The molecule has 1 aromatic carbocycles. The molecule has 1 unspecified atom stereocenters. The molecule has 0 saturated heterocycles. The standard InChI is InChI=1S/C12H14N2O.C2H6/c1-9(6-7-13)10-4-3-5-11(8-10)12(15)14-2;1-2/h3-5,8-9H,6H2,1-2H3,(H,14,15);1-2H3. The molecule has 0 aliphatic heterocycles. The molecule has 0 radical (unpaired) electrons. The molecule has 0 bridgehead atoms. The molecule has 0 aliphatic carbocycles. The minimum atomic E-state index is -0.0963. The normalized spacial score (nSPS) is 10.5. The number of nitrogens with one attached hydrogen (secondary N) is 1. The average molecular weight is 232 g/mol. The number of nitrogens with zero attached hydrogens (tertiary/aromatic N) is 1. The van der Waals surface area contributed by atoms with Gasteiger partial charge in [0, 0.05) is 19.0 Å². The van der Waals surface area contributed by atoms with Gasteiger partial charge in [0.25, 0.3) is 5.91 Å². The maximum atomic E-state index is 11.4. The van der Waals surface area contributed by atoms with Crippen molar-refractivity contribution >= 4 is 5.91 Å². The van der Waals surface area contributed by atoms with Crippen LogP contribution in [-0.2, 0) is 0 Å². The van der Waals surface area contributed by atoms with Crippen LogP contribution in [0.5, 0.6) is 0 Å². The van der Waals surface area contributed by atoms with Gasteiger partial charge in [0.2, 0.25) is 0 Å². The minimum absolute atomic E-state index is 0.0963. The molecule has 92 valence electrons. The lowest BCUT2D eigenvalue weighted by Gasteiger charge is -2.08. The van der Waals surface area contributed by atoms with Gasteiger partial charge in [0.1, 0.15) is 0 Å². The summed E-state index contributed by atoms with van der Waals surface area (Å²) < 4.78 is 0. The highest BCUT2D eigenvalue weighted by atomic mass is 16.1. The van der Waals surface area contributed by atoms with Gasteiger partial charge in [-0.05, 0) is 23.6 Å². The summed E-state index contributed by atoms with van der Waals surface area (Å²) in [7, 11) is 1.60. The summed E-state index contributed by atoms with van der Waals surface area (Å²) in [4.78, 5) is 11.4. The summed E-state index contributed by atoms with van der Waals surface area (Å²) in [5.41, 5.74) is 1.66. The van der Waals surface area contributed by atoms with Gasteiger partial charge in [-0.3, -0.25) is 4.79 Å². The molecule has 3 nitrogen and oxygen atoms in total. The molecule has 1 aromatic rings. The maximum absolute atomic E-state index is 11.4. The highest BCUT2D eigenvalue weighted by molar-refractivity contribution is 5.94. The third-order valence-corrected chi connectivity index (χ3v) is 2.34. The third-order valence-electron chi connectivity index (χ3n) is 2.34. The summed E-state index contributed by atoms with van der Waals surface area (Å²) in [6.45, 7) is 5.98. The van der Waals surface area contributed by atoms with E-state index in [9.17, 15) is 4.79 Å². The van der Waals surface area contributed by atoms with Crippen LogP contribution in [0, 0.1) is 11.3 Å². The molecule has 1 atom stereocenters. The zero-order chi connectivity index (χ0) is 13.3. The van der Waals surface area contributed by atoms with E-state index in [1.165, 1.54) is 0 Å². The molecule has 0 heterocycles. The van der Waals surface area contributed by atoms with Crippen LogP contribution in [0.2, 0.25) is 0 Å². The molecule has 1 amide bonds. The van der Waals surface area contributed by atoms with Gasteiger partial charge >= 0.3 is 0 Å². The number of nitriles is 1. The largest absolute Gasteiger partial charge is 0.355 e. The molecule has 0 saturated carbocycles. The van der Waals surface area contributed by atoms with E-state index in [-0.39, 0.29) is 11.8 Å². The van der Waals surface area contributed by atoms with Crippen molar-refractivity contribution in [3.05, 3.63) is 35.4 Å². The minimum Gasteiger partial charge on any atom is -0.355 e. The summed E-state index contributed by atoms with van der Waals surface area (Å²) >= 11 is 0. The van der Waals surface area contributed by atoms with Crippen LogP contribution >= 0.6 is 0 Å². The summed E-state index contributed by atoms with van der Waals surface area (Å²) in [6.07, 6.45) is 0.469. The van der Waals surface area contributed by atoms with Crippen LogP contribution in [0.4, 0.5) is 0 Å². The third kappa shape index (κ3) is 4.69. The second kappa shape index (κ2) is 8.35. The van der Waals surface area contributed by atoms with Crippen molar-refractivity contribution in [2.45, 2.75) is 33.1 Å². The Kier molecular flexibility index (Phi) is 7.45. The van der Waals surface area contributed by atoms with Gasteiger partial charge in [-0.2, -0.15) is 5.26 Å². The van der Waals surface area contributed by atoms with E-state index in [0.717, 1.165) is 5.56 Å². The Morgan fingerprint density at radius 3 is 2.65 bits per heavy atom. The predicted molar refractivity (Wildman–Crippen MR) is 69.8 cm³/mol. The predicted octanol–water partition coefficient (Wildman–Crippen LogP) is 3.09. The van der Waals surface area contributed by atoms with Crippen molar-refractivity contribution in [2.75, 3.05) is 7.05 Å². The van der Waals surface area contributed by atoms with Gasteiger partial charge in [-0.15, -0.1) is 0 Å². The Labute approximate surface area is 103 Å². The first-order chi connectivity index (χ1) is 8.19. The van der Waals surface area contributed by atoms with Gasteiger partial charge in [0.05, 0.1) is 6.07 Å². The van der Waals surface area contributed by atoms with E-state index in [4.69, 9.17) is 5.26 Å². The van der Waals surface area contributed by atoms with Crippen molar-refractivity contribution in [2.24, 2.45) is 0 Å². The van der Waals surface area contributed by atoms with Crippen molar-refractivity contribution < 1.29 is 4.79 Å². The number of benzene rings is 1. The van der Waals surface area contributed by atoms with Crippen LogP contribution in [0.15, 0.2) is 24.3 Å². The topological polar surface area (TPSA) is 52.9 Å². The maximum Gasteiger partial charge on any atom is 0.251 e. The molecule has 17 heavy (non-hydrogen) atoms. The van der Waals surface area contributed by atoms with E-state index in [2.05, 4.69) is 11.4 Å². The highest BCUT2D eigenvalue weighted by Crippen LogP contribution is 2.19. The Hall–Kier alpha value is -1.82. The molecule has 1 rings (SSSR count). The fraction of sp³-hybridized carbons (Fsp3) is 0.429. The van der Waals surface area contributed by atoms with Crippen molar-refractivity contribution in [1.82, 2.24) is 5.32 Å². The lowest BCUT2D eigenvalue weighted by atomic mass is 9.96. The van der Waals surface area contributed by atoms with Crippen LogP contribution in [0.25, 0.3) is 0 Å². The Bertz CT molecular complexity index is 393. The number of hydrogen-bond acceptors (Lipinski definition) is 2. The molecule has 0 aromatic heterocycles. The first-order valence-corrected chi connectivity index (χ1v) is 5.88. The van der Waals surface area contributed by atoms with E-state index in [1.807, 2.05) is 39.0 Å². The average Bonchev–Trinajstić information content (AvgIpc) is 2.40. The first kappa shape index (κ1) is 15.2. The number of carbonyl (C=O) groups is 1. The first-order valence-electron chi connectivity index (χ1n) is 5.88. The second-order valence-corrected chi connectivity index (χ2v) is 3.47. The lowest BCUT2D eigenvalue weighted by molar-refractivity contribution is 0.0963. The molecule has 0 fully saturated rings. The van der Waals surface area contributed by atoms with Gasteiger partial charge in [-0.25, -0.2) is 0 Å². The smallest absolute Gasteiger partial charge is 0.251 e. The Morgan fingerprint density at radius 2 is 2.12 bits per heavy atom. The Balaban J connectivity index is 0.00000121.